The minimum Gasteiger partial charge on any atom is -0.462 e. The summed E-state index contributed by atoms with van der Waals surface area (Å²) in [5.74, 6) is -3.24. The van der Waals surface area contributed by atoms with Crippen molar-refractivity contribution in [3.8, 4) is 0 Å². The second-order valence-corrected chi connectivity index (χ2v) is 15.6. The summed E-state index contributed by atoms with van der Waals surface area (Å²) >= 11 is 17.1. The number of rotatable bonds is 9. The third-order valence-corrected chi connectivity index (χ3v) is 7.38. The molecule has 1 aromatic rings. The fourth-order valence-corrected chi connectivity index (χ4v) is 4.25. The maximum absolute atomic E-state index is 13.5. The van der Waals surface area contributed by atoms with Crippen LogP contribution >= 0.6 is 34.8 Å². The van der Waals surface area contributed by atoms with Crippen LogP contribution in [0.3, 0.4) is 0 Å². The van der Waals surface area contributed by atoms with Crippen LogP contribution in [0.4, 0.5) is 13.2 Å². The maximum atomic E-state index is 13.5. The van der Waals surface area contributed by atoms with E-state index < -0.39 is 85.3 Å². The molecule has 0 radical (unpaired) electrons. The Morgan fingerprint density at radius 2 is 1.45 bits per heavy atom. The maximum Gasteiger partial charge on any atom is 0.523 e. The molecule has 0 spiro atoms. The Hall–Kier alpha value is -1.88. The van der Waals surface area contributed by atoms with Gasteiger partial charge in [0.15, 0.2) is 12.4 Å². The standard InChI is InChI=1S/C26H33Cl3F3NO10S/c1-23(2,3)21(35)40-13-15-17(43-44(37,38)26(30,31)32)18(42-22(36)24(4,5)6)16(33-20(34)25(27,28)29)19(41-15)39-12-14-10-8-7-9-11-14/h7-11,15-19H,12-13H2,1-6H3,(H,33,34)/t15-,16-,17+,18-,19-/m1/s1. The summed E-state index contributed by atoms with van der Waals surface area (Å²) in [6.45, 7) is 7.55. The van der Waals surface area contributed by atoms with Crippen molar-refractivity contribution in [1.82, 2.24) is 5.32 Å². The van der Waals surface area contributed by atoms with E-state index in [9.17, 15) is 36.0 Å². The van der Waals surface area contributed by atoms with Gasteiger partial charge in [0.25, 0.3) is 9.70 Å². The predicted octanol–water partition coefficient (Wildman–Crippen LogP) is 4.57. The van der Waals surface area contributed by atoms with Crippen LogP contribution in [0.1, 0.15) is 47.1 Å². The minimum absolute atomic E-state index is 0.230. The second kappa shape index (κ2) is 14.3. The highest BCUT2D eigenvalue weighted by Crippen LogP contribution is 2.36. The minimum atomic E-state index is -6.40. The lowest BCUT2D eigenvalue weighted by Crippen LogP contribution is -2.68. The van der Waals surface area contributed by atoms with Crippen LogP contribution in [-0.2, 0) is 54.2 Å². The van der Waals surface area contributed by atoms with E-state index in [0.29, 0.717) is 5.56 Å². The van der Waals surface area contributed by atoms with Gasteiger partial charge in [-0.15, -0.1) is 0 Å². The van der Waals surface area contributed by atoms with E-state index in [1.165, 1.54) is 41.5 Å². The van der Waals surface area contributed by atoms with Crippen molar-refractivity contribution in [1.29, 1.82) is 0 Å². The van der Waals surface area contributed by atoms with Gasteiger partial charge in [0.2, 0.25) is 0 Å². The van der Waals surface area contributed by atoms with Crippen molar-refractivity contribution < 1.29 is 59.1 Å². The van der Waals surface area contributed by atoms with Crippen LogP contribution in [-0.4, -0.2) is 72.8 Å². The van der Waals surface area contributed by atoms with Gasteiger partial charge < -0.3 is 24.3 Å². The van der Waals surface area contributed by atoms with Gasteiger partial charge >= 0.3 is 27.6 Å². The third-order valence-electron chi connectivity index (χ3n) is 5.83. The average Bonchev–Trinajstić information content (AvgIpc) is 2.86. The Kier molecular flexibility index (Phi) is 12.4. The van der Waals surface area contributed by atoms with E-state index in [2.05, 4.69) is 9.50 Å². The van der Waals surface area contributed by atoms with Crippen LogP contribution in [0, 0.1) is 10.8 Å². The molecule has 1 N–H and O–H groups in total. The molecular formula is C26H33Cl3F3NO10S. The number of esters is 2. The van der Waals surface area contributed by atoms with Gasteiger partial charge in [0.1, 0.15) is 24.9 Å². The lowest BCUT2D eigenvalue weighted by atomic mass is 9.94. The van der Waals surface area contributed by atoms with Gasteiger partial charge in [0, 0.05) is 0 Å². The Bertz CT molecular complexity index is 1280. The molecule has 0 bridgehead atoms. The largest absolute Gasteiger partial charge is 0.523 e. The van der Waals surface area contributed by atoms with Gasteiger partial charge in [-0.3, -0.25) is 18.6 Å². The van der Waals surface area contributed by atoms with Crippen molar-refractivity contribution in [2.75, 3.05) is 6.61 Å². The molecule has 0 aliphatic carbocycles. The fraction of sp³-hybridized carbons (Fsp3) is 0.654. The van der Waals surface area contributed by atoms with Crippen LogP contribution in [0.25, 0.3) is 0 Å². The van der Waals surface area contributed by atoms with E-state index in [1.54, 1.807) is 30.3 Å². The summed E-state index contributed by atoms with van der Waals surface area (Å²) in [4.78, 5) is 38.4. The molecule has 0 unspecified atom stereocenters. The van der Waals surface area contributed by atoms with Crippen LogP contribution < -0.4 is 5.32 Å². The van der Waals surface area contributed by atoms with E-state index in [4.69, 9.17) is 53.8 Å². The summed E-state index contributed by atoms with van der Waals surface area (Å²) in [7, 11) is -6.40. The van der Waals surface area contributed by atoms with E-state index in [-0.39, 0.29) is 6.61 Å². The zero-order valence-electron chi connectivity index (χ0n) is 24.4. The first-order valence-electron chi connectivity index (χ1n) is 12.9. The molecule has 1 fully saturated rings. The lowest BCUT2D eigenvalue weighted by Gasteiger charge is -2.46. The first kappa shape index (κ1) is 38.3. The molecule has 1 aliphatic rings. The Labute approximate surface area is 268 Å². The van der Waals surface area contributed by atoms with E-state index in [1.807, 2.05) is 0 Å². The summed E-state index contributed by atoms with van der Waals surface area (Å²) < 4.78 is 89.3. The summed E-state index contributed by atoms with van der Waals surface area (Å²) in [5.41, 5.74) is -7.76. The number of benzene rings is 1. The molecule has 2 rings (SSSR count). The topological polar surface area (TPSA) is 144 Å². The Morgan fingerprint density at radius 3 is 1.93 bits per heavy atom. The Morgan fingerprint density at radius 1 is 0.909 bits per heavy atom. The smallest absolute Gasteiger partial charge is 0.462 e. The number of ether oxygens (including phenoxy) is 4. The summed E-state index contributed by atoms with van der Waals surface area (Å²) in [6, 6.07) is 6.55. The SMILES string of the molecule is CC(C)(C)C(=O)OC[C@H]1O[C@@H](OCc2ccccc2)[C@H](NC(=O)C(Cl)(Cl)Cl)[C@@H](OC(=O)C(C)(C)C)[C@H]1OS(=O)(=O)C(F)(F)F. The summed E-state index contributed by atoms with van der Waals surface area (Å²) in [5, 5.41) is 2.19. The number of alkyl halides is 6. The van der Waals surface area contributed by atoms with Gasteiger partial charge in [0.05, 0.1) is 17.4 Å². The summed E-state index contributed by atoms with van der Waals surface area (Å²) in [6.07, 6.45) is -8.03. The third kappa shape index (κ3) is 10.6. The first-order chi connectivity index (χ1) is 19.8. The second-order valence-electron chi connectivity index (χ2n) is 11.8. The molecule has 1 saturated heterocycles. The first-order valence-corrected chi connectivity index (χ1v) is 15.5. The monoisotopic (exact) mass is 713 g/mol. The number of carbonyl (C=O) groups is 3. The molecule has 11 nitrogen and oxygen atoms in total. The van der Waals surface area contributed by atoms with Gasteiger partial charge in [-0.25, -0.2) is 0 Å². The highest BCUT2D eigenvalue weighted by molar-refractivity contribution is 7.87. The number of amides is 1. The highest BCUT2D eigenvalue weighted by Gasteiger charge is 2.57. The molecule has 0 aromatic heterocycles. The van der Waals surface area contributed by atoms with E-state index in [0.717, 1.165) is 0 Å². The van der Waals surface area contributed by atoms with Crippen molar-refractivity contribution in [3.05, 3.63) is 35.9 Å². The molecule has 5 atom stereocenters. The predicted molar refractivity (Wildman–Crippen MR) is 152 cm³/mol. The molecule has 44 heavy (non-hydrogen) atoms. The van der Waals surface area contributed by atoms with Crippen molar-refractivity contribution in [2.24, 2.45) is 10.8 Å². The van der Waals surface area contributed by atoms with E-state index >= 15 is 0 Å². The van der Waals surface area contributed by atoms with Crippen LogP contribution in [0.15, 0.2) is 30.3 Å². The quantitative estimate of drug-likeness (QED) is 0.167. The molecule has 0 saturated carbocycles. The molecule has 1 heterocycles. The number of hydrogen-bond acceptors (Lipinski definition) is 10. The molecule has 1 aromatic carbocycles. The molecule has 250 valence electrons. The zero-order valence-corrected chi connectivity index (χ0v) is 27.5. The number of hydrogen-bond donors (Lipinski definition) is 1. The van der Waals surface area contributed by atoms with Crippen molar-refractivity contribution >= 4 is 62.8 Å². The number of halogens is 6. The zero-order chi connectivity index (χ0) is 33.9. The van der Waals surface area contributed by atoms with Gasteiger partial charge in [-0.2, -0.15) is 21.6 Å². The number of nitrogens with one attached hydrogen (secondary N) is 1. The molecular weight excluding hydrogens is 682 g/mol. The van der Waals surface area contributed by atoms with Crippen LogP contribution in [0.2, 0.25) is 0 Å². The van der Waals surface area contributed by atoms with Gasteiger partial charge in [-0.05, 0) is 47.1 Å². The van der Waals surface area contributed by atoms with Crippen LogP contribution in [0.5, 0.6) is 0 Å². The lowest BCUT2D eigenvalue weighted by molar-refractivity contribution is -0.275. The Balaban J connectivity index is 2.70. The molecule has 1 amide bonds. The fourth-order valence-electron chi connectivity index (χ4n) is 3.45. The van der Waals surface area contributed by atoms with Crippen molar-refractivity contribution in [2.45, 2.75) is 88.1 Å². The molecule has 18 heteroatoms. The highest BCUT2D eigenvalue weighted by atomic mass is 35.6. The normalized spacial score (nSPS) is 23.5. The number of carbonyl (C=O) groups excluding carboxylic acids is 3. The molecule has 1 aliphatic heterocycles. The van der Waals surface area contributed by atoms with Crippen molar-refractivity contribution in [3.63, 3.8) is 0 Å². The van der Waals surface area contributed by atoms with Gasteiger partial charge in [-0.1, -0.05) is 65.1 Å². The average molecular weight is 715 g/mol.